The molecule has 31 heavy (non-hydrogen) atoms. The third-order valence-electron chi connectivity index (χ3n) is 6.16. The lowest BCUT2D eigenvalue weighted by Crippen LogP contribution is -2.54. The molecule has 1 fully saturated rings. The van der Waals surface area contributed by atoms with Gasteiger partial charge in [0, 0.05) is 23.3 Å². The number of carbonyl (C=O) groups is 3. The molecule has 0 bridgehead atoms. The molecule has 1 saturated heterocycles. The molecular weight excluding hydrogens is 414 g/mol. The largest absolute Gasteiger partial charge is 0.369 e. The number of barbiturate groups is 1. The van der Waals surface area contributed by atoms with Gasteiger partial charge in [0.25, 0.3) is 11.8 Å². The minimum atomic E-state index is -0.780. The molecule has 7 heteroatoms. The molecule has 2 aromatic rings. The zero-order chi connectivity index (χ0) is 22.5. The van der Waals surface area contributed by atoms with E-state index in [0.717, 1.165) is 22.6 Å². The fraction of sp³-hybridized carbons (Fsp3) is 0.292. The van der Waals surface area contributed by atoms with E-state index in [2.05, 4.69) is 38.0 Å². The molecular formula is C24H24ClN3O3. The second-order valence-electron chi connectivity index (χ2n) is 8.73. The van der Waals surface area contributed by atoms with E-state index in [1.54, 1.807) is 30.3 Å². The maximum absolute atomic E-state index is 13.1. The molecule has 4 amide bonds. The molecule has 1 atom stereocenters. The molecule has 0 spiro atoms. The van der Waals surface area contributed by atoms with Gasteiger partial charge in [0.1, 0.15) is 5.57 Å². The molecule has 2 heterocycles. The van der Waals surface area contributed by atoms with Crippen LogP contribution in [0.3, 0.4) is 0 Å². The first-order valence-electron chi connectivity index (χ1n) is 10.1. The molecule has 6 nitrogen and oxygen atoms in total. The number of nitrogens with one attached hydrogen (secondary N) is 1. The summed E-state index contributed by atoms with van der Waals surface area (Å²) in [6.45, 7) is 6.62. The van der Waals surface area contributed by atoms with Crippen LogP contribution in [-0.2, 0) is 9.59 Å². The quantitative estimate of drug-likeness (QED) is 0.544. The Morgan fingerprint density at radius 2 is 1.77 bits per heavy atom. The van der Waals surface area contributed by atoms with Gasteiger partial charge in [0.05, 0.1) is 5.69 Å². The van der Waals surface area contributed by atoms with Gasteiger partial charge in [-0.1, -0.05) is 24.6 Å². The van der Waals surface area contributed by atoms with Crippen LogP contribution >= 0.6 is 11.6 Å². The first-order valence-corrected chi connectivity index (χ1v) is 10.5. The second-order valence-corrected chi connectivity index (χ2v) is 9.17. The number of imide groups is 2. The van der Waals surface area contributed by atoms with Crippen molar-refractivity contribution in [3.05, 3.63) is 64.2 Å². The number of nitrogens with zero attached hydrogens (tertiary/aromatic N) is 2. The van der Waals surface area contributed by atoms with Gasteiger partial charge in [-0.3, -0.25) is 14.9 Å². The number of anilines is 2. The lowest BCUT2D eigenvalue weighted by Gasteiger charge is -2.45. The standard InChI is InChI=1S/C24H24ClN3O3/c1-14-13-24(2,3)27(4)20-10-5-15(11-18(14)20)12-19-21(29)26-23(31)28(22(19)30)17-8-6-16(25)7-9-17/h5-12,14H,13H2,1-4H3,(H,26,29,31)/b19-12-. The van der Waals surface area contributed by atoms with Crippen molar-refractivity contribution in [2.75, 3.05) is 16.8 Å². The fourth-order valence-electron chi connectivity index (χ4n) is 4.33. The normalized spacial score (nSPS) is 21.9. The molecule has 1 N–H and O–H groups in total. The Kier molecular flexibility index (Phi) is 5.13. The van der Waals surface area contributed by atoms with Crippen LogP contribution in [0.15, 0.2) is 48.0 Å². The van der Waals surface area contributed by atoms with Crippen LogP contribution in [0.5, 0.6) is 0 Å². The van der Waals surface area contributed by atoms with Gasteiger partial charge < -0.3 is 4.90 Å². The lowest BCUT2D eigenvalue weighted by atomic mass is 9.80. The molecule has 2 aromatic carbocycles. The summed E-state index contributed by atoms with van der Waals surface area (Å²) in [7, 11) is 2.08. The van der Waals surface area contributed by atoms with Crippen molar-refractivity contribution in [2.45, 2.75) is 38.6 Å². The highest BCUT2D eigenvalue weighted by Crippen LogP contribution is 2.42. The minimum Gasteiger partial charge on any atom is -0.369 e. The smallest absolute Gasteiger partial charge is 0.335 e. The summed E-state index contributed by atoms with van der Waals surface area (Å²) in [5.41, 5.74) is 3.35. The molecule has 0 radical (unpaired) electrons. The topological polar surface area (TPSA) is 69.7 Å². The summed E-state index contributed by atoms with van der Waals surface area (Å²) in [6.07, 6.45) is 2.54. The van der Waals surface area contributed by atoms with E-state index in [-0.39, 0.29) is 11.1 Å². The predicted octanol–water partition coefficient (Wildman–Crippen LogP) is 4.73. The highest BCUT2D eigenvalue weighted by Gasteiger charge is 2.37. The van der Waals surface area contributed by atoms with E-state index in [1.165, 1.54) is 5.56 Å². The molecule has 0 aromatic heterocycles. The predicted molar refractivity (Wildman–Crippen MR) is 122 cm³/mol. The van der Waals surface area contributed by atoms with E-state index in [9.17, 15) is 14.4 Å². The summed E-state index contributed by atoms with van der Waals surface area (Å²) in [5.74, 6) is -1.04. The molecule has 1 unspecified atom stereocenters. The van der Waals surface area contributed by atoms with Crippen molar-refractivity contribution in [3.8, 4) is 0 Å². The Balaban J connectivity index is 1.72. The van der Waals surface area contributed by atoms with Crippen LogP contribution in [0.1, 0.15) is 44.2 Å². The van der Waals surface area contributed by atoms with Crippen LogP contribution in [0.2, 0.25) is 5.02 Å². The SMILES string of the molecule is CC1CC(C)(C)N(C)c2ccc(/C=C3/C(=O)NC(=O)N(c4ccc(Cl)cc4)C3=O)cc21. The average Bonchev–Trinajstić information content (AvgIpc) is 2.70. The number of benzene rings is 2. The molecule has 0 saturated carbocycles. The van der Waals surface area contributed by atoms with Gasteiger partial charge in [-0.2, -0.15) is 0 Å². The summed E-state index contributed by atoms with van der Waals surface area (Å²) in [5, 5.41) is 2.73. The van der Waals surface area contributed by atoms with Crippen molar-refractivity contribution < 1.29 is 14.4 Å². The summed E-state index contributed by atoms with van der Waals surface area (Å²) >= 11 is 5.91. The van der Waals surface area contributed by atoms with Crippen molar-refractivity contribution in [1.82, 2.24) is 5.32 Å². The number of carbonyl (C=O) groups excluding carboxylic acids is 3. The molecule has 2 aliphatic heterocycles. The number of hydrogen-bond donors (Lipinski definition) is 1. The number of urea groups is 1. The highest BCUT2D eigenvalue weighted by molar-refractivity contribution is 6.39. The molecule has 2 aliphatic rings. The van der Waals surface area contributed by atoms with Crippen molar-refractivity contribution in [3.63, 3.8) is 0 Å². The Morgan fingerprint density at radius 1 is 1.10 bits per heavy atom. The van der Waals surface area contributed by atoms with E-state index >= 15 is 0 Å². The van der Waals surface area contributed by atoms with Crippen LogP contribution < -0.4 is 15.1 Å². The van der Waals surface area contributed by atoms with E-state index < -0.39 is 17.8 Å². The molecule has 0 aliphatic carbocycles. The highest BCUT2D eigenvalue weighted by atomic mass is 35.5. The monoisotopic (exact) mass is 437 g/mol. The Bertz CT molecular complexity index is 1120. The van der Waals surface area contributed by atoms with Crippen LogP contribution in [0.4, 0.5) is 16.2 Å². The van der Waals surface area contributed by atoms with Gasteiger partial charge in [-0.25, -0.2) is 9.69 Å². The Morgan fingerprint density at radius 3 is 2.45 bits per heavy atom. The molecule has 4 rings (SSSR count). The zero-order valence-electron chi connectivity index (χ0n) is 17.9. The second kappa shape index (κ2) is 7.54. The third kappa shape index (κ3) is 3.72. The van der Waals surface area contributed by atoms with E-state index in [1.807, 2.05) is 18.2 Å². The Hall–Kier alpha value is -3.12. The number of fused-ring (bicyclic) bond motifs is 1. The Labute approximate surface area is 186 Å². The van der Waals surface area contributed by atoms with E-state index in [4.69, 9.17) is 11.6 Å². The summed E-state index contributed by atoms with van der Waals surface area (Å²) in [6, 6.07) is 11.4. The summed E-state index contributed by atoms with van der Waals surface area (Å²) < 4.78 is 0. The average molecular weight is 438 g/mol. The van der Waals surface area contributed by atoms with Gasteiger partial charge in [-0.15, -0.1) is 0 Å². The number of amides is 4. The van der Waals surface area contributed by atoms with Gasteiger partial charge in [0.15, 0.2) is 0 Å². The van der Waals surface area contributed by atoms with Gasteiger partial charge in [-0.05, 0) is 79.8 Å². The number of halogens is 1. The first kappa shape index (κ1) is 21.1. The third-order valence-corrected chi connectivity index (χ3v) is 6.41. The van der Waals surface area contributed by atoms with E-state index in [0.29, 0.717) is 16.6 Å². The van der Waals surface area contributed by atoms with Crippen molar-refractivity contribution >= 4 is 46.9 Å². The lowest BCUT2D eigenvalue weighted by molar-refractivity contribution is -0.122. The van der Waals surface area contributed by atoms with Crippen molar-refractivity contribution in [2.24, 2.45) is 0 Å². The van der Waals surface area contributed by atoms with Gasteiger partial charge in [0.2, 0.25) is 0 Å². The number of hydrogen-bond acceptors (Lipinski definition) is 4. The summed E-state index contributed by atoms with van der Waals surface area (Å²) in [4.78, 5) is 41.1. The van der Waals surface area contributed by atoms with Crippen LogP contribution in [0.25, 0.3) is 6.08 Å². The van der Waals surface area contributed by atoms with Crippen molar-refractivity contribution in [1.29, 1.82) is 0 Å². The fourth-order valence-corrected chi connectivity index (χ4v) is 4.46. The van der Waals surface area contributed by atoms with Gasteiger partial charge >= 0.3 is 6.03 Å². The maximum atomic E-state index is 13.1. The zero-order valence-corrected chi connectivity index (χ0v) is 18.7. The van der Waals surface area contributed by atoms with Crippen LogP contribution in [0, 0.1) is 0 Å². The molecule has 160 valence electrons. The first-order chi connectivity index (χ1) is 14.6. The number of rotatable bonds is 2. The maximum Gasteiger partial charge on any atom is 0.335 e. The van der Waals surface area contributed by atoms with Crippen LogP contribution in [-0.4, -0.2) is 30.4 Å². The minimum absolute atomic E-state index is 0.0467.